The zero-order chi connectivity index (χ0) is 8.27. The molecule has 0 fully saturated rings. The Balaban J connectivity index is 2.47. The number of nitrogens with one attached hydrogen (secondary N) is 1. The highest BCUT2D eigenvalue weighted by atomic mass is 16.5. The monoisotopic (exact) mass is 156 g/mol. The van der Waals surface area contributed by atoms with Crippen LogP contribution in [0.2, 0.25) is 0 Å². The van der Waals surface area contributed by atoms with Crippen LogP contribution in [0.15, 0.2) is 11.8 Å². The minimum atomic E-state index is 0.0335. The Morgan fingerprint density at radius 2 is 2.45 bits per heavy atom. The molecule has 0 aromatic rings. The van der Waals surface area contributed by atoms with Crippen LogP contribution in [0.25, 0.3) is 0 Å². The average molecular weight is 156 g/mol. The van der Waals surface area contributed by atoms with Crippen molar-refractivity contribution in [1.29, 1.82) is 0 Å². The van der Waals surface area contributed by atoms with E-state index < -0.39 is 0 Å². The van der Waals surface area contributed by atoms with Crippen molar-refractivity contribution in [3.05, 3.63) is 11.8 Å². The summed E-state index contributed by atoms with van der Waals surface area (Å²) in [6, 6.07) is 0.0335. The lowest BCUT2D eigenvalue weighted by atomic mass is 10.2. The first kappa shape index (κ1) is 8.56. The number of hydrogen-bond donors (Lipinski definition) is 2. The molecule has 64 valence electrons. The van der Waals surface area contributed by atoms with Crippen LogP contribution in [0.3, 0.4) is 0 Å². The van der Waals surface area contributed by atoms with E-state index in [1.807, 2.05) is 19.9 Å². The van der Waals surface area contributed by atoms with E-state index in [0.717, 1.165) is 18.8 Å². The molecule has 0 amide bonds. The van der Waals surface area contributed by atoms with Gasteiger partial charge >= 0.3 is 0 Å². The summed E-state index contributed by atoms with van der Waals surface area (Å²) in [5.41, 5.74) is 5.77. The lowest BCUT2D eigenvalue weighted by Crippen LogP contribution is -2.40. The van der Waals surface area contributed by atoms with E-state index in [1.54, 1.807) is 0 Å². The molecule has 0 saturated carbocycles. The lowest BCUT2D eigenvalue weighted by Gasteiger charge is -2.23. The topological polar surface area (TPSA) is 47.3 Å². The van der Waals surface area contributed by atoms with Gasteiger partial charge in [-0.2, -0.15) is 0 Å². The van der Waals surface area contributed by atoms with Gasteiger partial charge in [0.25, 0.3) is 0 Å². The van der Waals surface area contributed by atoms with E-state index >= 15 is 0 Å². The molecule has 3 heteroatoms. The van der Waals surface area contributed by atoms with Gasteiger partial charge in [-0.05, 0) is 19.9 Å². The van der Waals surface area contributed by atoms with E-state index in [4.69, 9.17) is 10.5 Å². The Morgan fingerprint density at radius 3 is 3.00 bits per heavy atom. The minimum absolute atomic E-state index is 0.0335. The van der Waals surface area contributed by atoms with E-state index in [-0.39, 0.29) is 12.1 Å². The smallest absolute Gasteiger partial charge is 0.112 e. The first-order valence-electron chi connectivity index (χ1n) is 4.03. The molecule has 0 aromatic carbocycles. The summed E-state index contributed by atoms with van der Waals surface area (Å²) in [6.45, 7) is 5.71. The predicted octanol–water partition coefficient (Wildman–Crippen LogP) is 0.226. The largest absolute Gasteiger partial charge is 0.494 e. The zero-order valence-electron chi connectivity index (χ0n) is 7.13. The van der Waals surface area contributed by atoms with Crippen molar-refractivity contribution in [3.63, 3.8) is 0 Å². The van der Waals surface area contributed by atoms with Gasteiger partial charge in [-0.15, -0.1) is 0 Å². The minimum Gasteiger partial charge on any atom is -0.494 e. The maximum Gasteiger partial charge on any atom is 0.112 e. The molecule has 0 aromatic heterocycles. The summed E-state index contributed by atoms with van der Waals surface area (Å²) >= 11 is 0. The molecule has 1 atom stereocenters. The number of ether oxygens (including phenoxy) is 1. The van der Waals surface area contributed by atoms with Gasteiger partial charge < -0.3 is 15.8 Å². The van der Waals surface area contributed by atoms with Gasteiger partial charge in [0.15, 0.2) is 0 Å². The summed E-state index contributed by atoms with van der Waals surface area (Å²) in [7, 11) is 0. The van der Waals surface area contributed by atoms with Crippen LogP contribution in [0.4, 0.5) is 0 Å². The van der Waals surface area contributed by atoms with Crippen LogP contribution in [-0.2, 0) is 4.74 Å². The Bertz CT molecular complexity index is 154. The number of rotatable bonds is 2. The second-order valence-corrected chi connectivity index (χ2v) is 3.04. The van der Waals surface area contributed by atoms with Crippen molar-refractivity contribution >= 4 is 0 Å². The van der Waals surface area contributed by atoms with Crippen molar-refractivity contribution in [1.82, 2.24) is 5.32 Å². The van der Waals surface area contributed by atoms with Gasteiger partial charge in [-0.25, -0.2) is 0 Å². The summed E-state index contributed by atoms with van der Waals surface area (Å²) in [5.74, 6) is 0.929. The van der Waals surface area contributed by atoms with Crippen LogP contribution in [-0.4, -0.2) is 25.2 Å². The van der Waals surface area contributed by atoms with Crippen molar-refractivity contribution in [2.24, 2.45) is 5.73 Å². The van der Waals surface area contributed by atoms with Gasteiger partial charge in [-0.3, -0.25) is 0 Å². The standard InChI is InChI=1S/C8H16N2O/c1-6(2)11-8-3-4-10-5-7(8)9/h3,6-7,10H,4-5,9H2,1-2H3. The van der Waals surface area contributed by atoms with E-state index in [1.165, 1.54) is 0 Å². The molecule has 0 saturated heterocycles. The van der Waals surface area contributed by atoms with Gasteiger partial charge in [0.1, 0.15) is 5.76 Å². The summed E-state index contributed by atoms with van der Waals surface area (Å²) < 4.78 is 5.50. The second-order valence-electron chi connectivity index (χ2n) is 3.04. The fourth-order valence-electron chi connectivity index (χ4n) is 1.07. The molecule has 1 rings (SSSR count). The molecule has 1 aliphatic heterocycles. The maximum atomic E-state index is 5.77. The molecule has 0 spiro atoms. The van der Waals surface area contributed by atoms with Crippen LogP contribution in [0.1, 0.15) is 13.8 Å². The molecule has 0 aliphatic carbocycles. The lowest BCUT2D eigenvalue weighted by molar-refractivity contribution is 0.129. The average Bonchev–Trinajstić information content (AvgIpc) is 1.93. The quantitative estimate of drug-likeness (QED) is 0.601. The molecule has 1 unspecified atom stereocenters. The van der Waals surface area contributed by atoms with Crippen LogP contribution >= 0.6 is 0 Å². The highest BCUT2D eigenvalue weighted by Crippen LogP contribution is 2.07. The highest BCUT2D eigenvalue weighted by molar-refractivity contribution is 5.08. The molecule has 3 N–H and O–H groups in total. The zero-order valence-corrected chi connectivity index (χ0v) is 7.13. The molecule has 11 heavy (non-hydrogen) atoms. The molecular formula is C8H16N2O. The van der Waals surface area contributed by atoms with Gasteiger partial charge in [0, 0.05) is 13.1 Å². The van der Waals surface area contributed by atoms with E-state index in [9.17, 15) is 0 Å². The Labute approximate surface area is 67.6 Å². The molecular weight excluding hydrogens is 140 g/mol. The third-order valence-corrected chi connectivity index (χ3v) is 1.55. The molecule has 3 nitrogen and oxygen atoms in total. The fourth-order valence-corrected chi connectivity index (χ4v) is 1.07. The van der Waals surface area contributed by atoms with Crippen LogP contribution < -0.4 is 11.1 Å². The van der Waals surface area contributed by atoms with Gasteiger partial charge in [-0.1, -0.05) is 0 Å². The van der Waals surface area contributed by atoms with E-state index in [2.05, 4.69) is 5.32 Å². The van der Waals surface area contributed by atoms with Gasteiger partial charge in [0.05, 0.1) is 12.1 Å². The van der Waals surface area contributed by atoms with E-state index in [0.29, 0.717) is 0 Å². The summed E-state index contributed by atoms with van der Waals surface area (Å²) in [6.07, 6.45) is 2.24. The highest BCUT2D eigenvalue weighted by Gasteiger charge is 2.14. The molecule has 1 heterocycles. The Hall–Kier alpha value is -0.540. The molecule has 1 aliphatic rings. The number of hydrogen-bond acceptors (Lipinski definition) is 3. The van der Waals surface area contributed by atoms with Crippen LogP contribution in [0.5, 0.6) is 0 Å². The Morgan fingerprint density at radius 1 is 1.73 bits per heavy atom. The van der Waals surface area contributed by atoms with Crippen molar-refractivity contribution in [2.45, 2.75) is 26.0 Å². The first-order valence-corrected chi connectivity index (χ1v) is 4.03. The first-order chi connectivity index (χ1) is 5.20. The predicted molar refractivity (Wildman–Crippen MR) is 45.1 cm³/mol. The van der Waals surface area contributed by atoms with Crippen LogP contribution in [0, 0.1) is 0 Å². The van der Waals surface area contributed by atoms with Crippen molar-refractivity contribution in [2.75, 3.05) is 13.1 Å². The third-order valence-electron chi connectivity index (χ3n) is 1.55. The normalized spacial score (nSPS) is 25.1. The summed E-state index contributed by atoms with van der Waals surface area (Å²) in [4.78, 5) is 0. The van der Waals surface area contributed by atoms with Gasteiger partial charge in [0.2, 0.25) is 0 Å². The maximum absolute atomic E-state index is 5.77. The fraction of sp³-hybridized carbons (Fsp3) is 0.750. The summed E-state index contributed by atoms with van der Waals surface area (Å²) in [5, 5.41) is 3.16. The molecule has 0 bridgehead atoms. The number of nitrogens with two attached hydrogens (primary N) is 1. The van der Waals surface area contributed by atoms with Crippen molar-refractivity contribution in [3.8, 4) is 0 Å². The van der Waals surface area contributed by atoms with Crippen molar-refractivity contribution < 1.29 is 4.74 Å². The Kier molecular flexibility index (Phi) is 2.91. The third kappa shape index (κ3) is 2.52. The molecule has 0 radical (unpaired) electrons. The second kappa shape index (κ2) is 3.74. The SMILES string of the molecule is CC(C)OC1=CCNCC1N.